The molecule has 3 nitrogen and oxygen atoms in total. The Morgan fingerprint density at radius 3 is 2.48 bits per heavy atom. The second-order valence-electron chi connectivity index (χ2n) is 8.51. The molecule has 1 atom stereocenters. The van der Waals surface area contributed by atoms with Gasteiger partial charge in [-0.25, -0.2) is 4.79 Å². The van der Waals surface area contributed by atoms with Crippen molar-refractivity contribution in [2.75, 3.05) is 13.1 Å². The lowest BCUT2D eigenvalue weighted by atomic mass is 9.69. The molecule has 1 unspecified atom stereocenters. The summed E-state index contributed by atoms with van der Waals surface area (Å²) in [5, 5.41) is 0. The van der Waals surface area contributed by atoms with E-state index in [1.165, 1.54) is 44.9 Å². The van der Waals surface area contributed by atoms with E-state index >= 15 is 0 Å². The molecular weight excluding hydrogens is 262 g/mol. The number of piperidine rings is 1. The Labute approximate surface area is 130 Å². The predicted octanol–water partition coefficient (Wildman–Crippen LogP) is 4.99. The standard InChI is InChI=1S/C18H33NO2/c1-17(2,3)21-16(20)19-12-8-9-15(14-19)13-18(4)10-6-5-7-11-18/h15H,5-14H2,1-4H3. The molecular formula is C18H33NO2. The van der Waals surface area contributed by atoms with Gasteiger partial charge in [0.15, 0.2) is 0 Å². The molecule has 0 aromatic carbocycles. The van der Waals surface area contributed by atoms with Crippen LogP contribution in [0.2, 0.25) is 0 Å². The molecule has 0 N–H and O–H groups in total. The fraction of sp³-hybridized carbons (Fsp3) is 0.944. The molecule has 1 amide bonds. The quantitative estimate of drug-likeness (QED) is 0.718. The van der Waals surface area contributed by atoms with Crippen molar-refractivity contribution >= 4 is 6.09 Å². The number of carbonyl (C=O) groups excluding carboxylic acids is 1. The monoisotopic (exact) mass is 295 g/mol. The van der Waals surface area contributed by atoms with E-state index in [0.717, 1.165) is 19.5 Å². The van der Waals surface area contributed by atoms with Gasteiger partial charge in [-0.2, -0.15) is 0 Å². The second-order valence-corrected chi connectivity index (χ2v) is 8.51. The van der Waals surface area contributed by atoms with Crippen LogP contribution in [0.15, 0.2) is 0 Å². The minimum atomic E-state index is -0.390. The average molecular weight is 295 g/mol. The van der Waals surface area contributed by atoms with E-state index in [9.17, 15) is 4.79 Å². The van der Waals surface area contributed by atoms with Gasteiger partial charge in [0, 0.05) is 13.1 Å². The summed E-state index contributed by atoms with van der Waals surface area (Å²) in [7, 11) is 0. The van der Waals surface area contributed by atoms with Crippen LogP contribution in [0.1, 0.15) is 79.1 Å². The topological polar surface area (TPSA) is 29.5 Å². The van der Waals surface area contributed by atoms with E-state index in [4.69, 9.17) is 4.74 Å². The molecule has 0 radical (unpaired) electrons. The molecule has 2 fully saturated rings. The van der Waals surface area contributed by atoms with Crippen molar-refractivity contribution in [1.29, 1.82) is 0 Å². The molecule has 1 aliphatic heterocycles. The van der Waals surface area contributed by atoms with Gasteiger partial charge in [0.25, 0.3) is 0 Å². The van der Waals surface area contributed by atoms with Crippen LogP contribution in [-0.2, 0) is 4.74 Å². The van der Waals surface area contributed by atoms with Gasteiger partial charge in [-0.3, -0.25) is 0 Å². The molecule has 1 heterocycles. The fourth-order valence-electron chi connectivity index (χ4n) is 4.03. The molecule has 21 heavy (non-hydrogen) atoms. The van der Waals surface area contributed by atoms with Crippen molar-refractivity contribution in [2.45, 2.75) is 84.7 Å². The summed E-state index contributed by atoms with van der Waals surface area (Å²) in [5.41, 5.74) is 0.124. The number of hydrogen-bond donors (Lipinski definition) is 0. The Morgan fingerprint density at radius 2 is 1.86 bits per heavy atom. The van der Waals surface area contributed by atoms with Crippen LogP contribution in [0.25, 0.3) is 0 Å². The molecule has 0 spiro atoms. The van der Waals surface area contributed by atoms with Crippen LogP contribution in [-0.4, -0.2) is 29.7 Å². The second kappa shape index (κ2) is 6.58. The van der Waals surface area contributed by atoms with Gasteiger partial charge in [0.1, 0.15) is 5.60 Å². The van der Waals surface area contributed by atoms with Gasteiger partial charge >= 0.3 is 6.09 Å². The van der Waals surface area contributed by atoms with Gasteiger partial charge in [0.2, 0.25) is 0 Å². The van der Waals surface area contributed by atoms with E-state index < -0.39 is 0 Å². The molecule has 0 aromatic heterocycles. The first kappa shape index (κ1) is 16.6. The Balaban J connectivity index is 1.87. The third kappa shape index (κ3) is 5.19. The van der Waals surface area contributed by atoms with Crippen LogP contribution in [0.5, 0.6) is 0 Å². The number of carbonyl (C=O) groups is 1. The maximum Gasteiger partial charge on any atom is 0.410 e. The van der Waals surface area contributed by atoms with Crippen molar-refractivity contribution in [3.63, 3.8) is 0 Å². The van der Waals surface area contributed by atoms with Crippen LogP contribution in [0.4, 0.5) is 4.79 Å². The maximum absolute atomic E-state index is 12.2. The lowest BCUT2D eigenvalue weighted by molar-refractivity contribution is 0.0124. The molecule has 2 rings (SSSR count). The molecule has 0 aromatic rings. The first-order chi connectivity index (χ1) is 9.77. The first-order valence-electron chi connectivity index (χ1n) is 8.75. The molecule has 3 heteroatoms. The zero-order valence-electron chi connectivity index (χ0n) is 14.4. The Kier molecular flexibility index (Phi) is 5.21. The predicted molar refractivity (Wildman–Crippen MR) is 86.3 cm³/mol. The zero-order valence-corrected chi connectivity index (χ0v) is 14.4. The average Bonchev–Trinajstić information content (AvgIpc) is 2.37. The fourth-order valence-corrected chi connectivity index (χ4v) is 4.03. The minimum Gasteiger partial charge on any atom is -0.444 e. The lowest BCUT2D eigenvalue weighted by Gasteiger charge is -2.40. The summed E-state index contributed by atoms with van der Waals surface area (Å²) in [4.78, 5) is 14.2. The summed E-state index contributed by atoms with van der Waals surface area (Å²) in [6.45, 7) is 10.0. The van der Waals surface area contributed by atoms with Gasteiger partial charge in [-0.1, -0.05) is 26.2 Å². The normalized spacial score (nSPS) is 26.5. The van der Waals surface area contributed by atoms with Gasteiger partial charge in [0.05, 0.1) is 0 Å². The molecule has 1 saturated carbocycles. The van der Waals surface area contributed by atoms with Crippen LogP contribution >= 0.6 is 0 Å². The highest BCUT2D eigenvalue weighted by molar-refractivity contribution is 5.68. The smallest absolute Gasteiger partial charge is 0.410 e. The summed E-state index contributed by atoms with van der Waals surface area (Å²) in [5.74, 6) is 0.661. The molecule has 1 aliphatic carbocycles. The number of amides is 1. The number of hydrogen-bond acceptors (Lipinski definition) is 2. The SMILES string of the molecule is CC1(CC2CCCN(C(=O)OC(C)(C)C)C2)CCCCC1. The van der Waals surface area contributed by atoms with E-state index in [0.29, 0.717) is 11.3 Å². The maximum atomic E-state index is 12.2. The number of likely N-dealkylation sites (tertiary alicyclic amines) is 1. The Hall–Kier alpha value is -0.730. The summed E-state index contributed by atoms with van der Waals surface area (Å²) < 4.78 is 5.53. The first-order valence-corrected chi connectivity index (χ1v) is 8.75. The summed E-state index contributed by atoms with van der Waals surface area (Å²) in [6, 6.07) is 0. The van der Waals surface area contributed by atoms with Crippen molar-refractivity contribution < 1.29 is 9.53 Å². The molecule has 1 saturated heterocycles. The van der Waals surface area contributed by atoms with Gasteiger partial charge < -0.3 is 9.64 Å². The highest BCUT2D eigenvalue weighted by atomic mass is 16.6. The van der Waals surface area contributed by atoms with Crippen molar-refractivity contribution in [3.8, 4) is 0 Å². The molecule has 122 valence electrons. The van der Waals surface area contributed by atoms with E-state index in [-0.39, 0.29) is 11.7 Å². The largest absolute Gasteiger partial charge is 0.444 e. The van der Waals surface area contributed by atoms with Crippen LogP contribution in [0, 0.1) is 11.3 Å². The molecule has 0 bridgehead atoms. The summed E-state index contributed by atoms with van der Waals surface area (Å²) >= 11 is 0. The van der Waals surface area contributed by atoms with E-state index in [1.807, 2.05) is 25.7 Å². The van der Waals surface area contributed by atoms with Crippen molar-refractivity contribution in [3.05, 3.63) is 0 Å². The van der Waals surface area contributed by atoms with E-state index in [2.05, 4.69) is 6.92 Å². The number of ether oxygens (including phenoxy) is 1. The van der Waals surface area contributed by atoms with E-state index in [1.54, 1.807) is 0 Å². The number of rotatable bonds is 2. The lowest BCUT2D eigenvalue weighted by Crippen LogP contribution is -2.44. The van der Waals surface area contributed by atoms with Crippen molar-refractivity contribution in [1.82, 2.24) is 4.90 Å². The zero-order chi connectivity index (χ0) is 15.5. The minimum absolute atomic E-state index is 0.124. The highest BCUT2D eigenvalue weighted by Gasteiger charge is 2.33. The highest BCUT2D eigenvalue weighted by Crippen LogP contribution is 2.42. The van der Waals surface area contributed by atoms with Crippen molar-refractivity contribution in [2.24, 2.45) is 11.3 Å². The van der Waals surface area contributed by atoms with Crippen LogP contribution < -0.4 is 0 Å². The number of nitrogens with zero attached hydrogens (tertiary/aromatic N) is 1. The third-order valence-corrected chi connectivity index (χ3v) is 5.01. The van der Waals surface area contributed by atoms with Gasteiger partial charge in [-0.15, -0.1) is 0 Å². The summed E-state index contributed by atoms with van der Waals surface area (Å²) in [6.07, 6.45) is 10.5. The molecule has 2 aliphatic rings. The van der Waals surface area contributed by atoms with Gasteiger partial charge in [-0.05, 0) is 64.2 Å². The Morgan fingerprint density at radius 1 is 1.19 bits per heavy atom. The third-order valence-electron chi connectivity index (χ3n) is 5.01. The Bertz CT molecular complexity index is 353. The van der Waals surface area contributed by atoms with Crippen LogP contribution in [0.3, 0.4) is 0 Å².